The number of piperidine rings is 1. The Kier molecular flexibility index (Phi) is 6.22. The van der Waals surface area contributed by atoms with Crippen LogP contribution in [0, 0.1) is 19.8 Å². The van der Waals surface area contributed by atoms with Gasteiger partial charge in [0.25, 0.3) is 0 Å². The third-order valence-electron chi connectivity index (χ3n) is 5.07. The molecule has 0 aliphatic carbocycles. The van der Waals surface area contributed by atoms with E-state index in [1.54, 1.807) is 23.6 Å². The fourth-order valence-electron chi connectivity index (χ4n) is 3.24. The molecule has 0 aromatic heterocycles. The van der Waals surface area contributed by atoms with Crippen LogP contribution in [-0.4, -0.2) is 29.8 Å². The Morgan fingerprint density at radius 3 is 2.41 bits per heavy atom. The van der Waals surface area contributed by atoms with Crippen LogP contribution in [0.15, 0.2) is 52.3 Å². The molecule has 2 amide bonds. The molecule has 1 heterocycles. The molecule has 1 aliphatic rings. The van der Waals surface area contributed by atoms with Crippen LogP contribution in [0.5, 0.6) is 0 Å². The second-order valence-electron chi connectivity index (χ2n) is 7.17. The van der Waals surface area contributed by atoms with Crippen LogP contribution < -0.4 is 5.32 Å². The highest BCUT2D eigenvalue weighted by molar-refractivity contribution is 7.99. The SMILES string of the molecule is CC(=O)N1CCC[C@H](C(=O)Nc2ccc(Sc3ccc(C)c(C)c3)cc2)C1. The van der Waals surface area contributed by atoms with Crippen LogP contribution in [0.1, 0.15) is 30.9 Å². The van der Waals surface area contributed by atoms with Crippen LogP contribution in [0.2, 0.25) is 0 Å². The molecule has 0 saturated carbocycles. The molecule has 1 N–H and O–H groups in total. The van der Waals surface area contributed by atoms with Gasteiger partial charge >= 0.3 is 0 Å². The molecule has 0 unspecified atom stereocenters. The van der Waals surface area contributed by atoms with Crippen LogP contribution in [0.3, 0.4) is 0 Å². The Labute approximate surface area is 165 Å². The maximum absolute atomic E-state index is 12.5. The molecule has 1 aliphatic heterocycles. The monoisotopic (exact) mass is 382 g/mol. The molecule has 0 bridgehead atoms. The number of anilines is 1. The lowest BCUT2D eigenvalue weighted by atomic mass is 9.97. The van der Waals surface area contributed by atoms with Gasteiger partial charge in [-0.25, -0.2) is 0 Å². The first kappa shape index (κ1) is 19.5. The fourth-order valence-corrected chi connectivity index (χ4v) is 4.16. The van der Waals surface area contributed by atoms with E-state index in [1.165, 1.54) is 16.0 Å². The van der Waals surface area contributed by atoms with Gasteiger partial charge in [-0.3, -0.25) is 9.59 Å². The van der Waals surface area contributed by atoms with Crippen LogP contribution in [0.4, 0.5) is 5.69 Å². The lowest BCUT2D eigenvalue weighted by Gasteiger charge is -2.31. The van der Waals surface area contributed by atoms with Gasteiger partial charge in [0, 0.05) is 35.5 Å². The Hall–Kier alpha value is -2.27. The molecule has 0 radical (unpaired) electrons. The van der Waals surface area contributed by atoms with Crippen molar-refractivity contribution in [1.82, 2.24) is 4.90 Å². The summed E-state index contributed by atoms with van der Waals surface area (Å²) >= 11 is 1.71. The minimum atomic E-state index is -0.132. The van der Waals surface area contributed by atoms with E-state index in [-0.39, 0.29) is 17.7 Å². The van der Waals surface area contributed by atoms with Crippen molar-refractivity contribution < 1.29 is 9.59 Å². The van der Waals surface area contributed by atoms with Gasteiger partial charge in [0.2, 0.25) is 11.8 Å². The molecule has 1 fully saturated rings. The Balaban J connectivity index is 1.59. The molecular weight excluding hydrogens is 356 g/mol. The minimum Gasteiger partial charge on any atom is -0.342 e. The second-order valence-corrected chi connectivity index (χ2v) is 8.31. The van der Waals surface area contributed by atoms with Gasteiger partial charge in [0.05, 0.1) is 5.92 Å². The van der Waals surface area contributed by atoms with Gasteiger partial charge in [-0.05, 0) is 74.2 Å². The van der Waals surface area contributed by atoms with Gasteiger partial charge in [-0.15, -0.1) is 0 Å². The van der Waals surface area contributed by atoms with Gasteiger partial charge < -0.3 is 10.2 Å². The standard InChI is InChI=1S/C22H26N2O2S/c1-15-6-9-21(13-16(15)2)27-20-10-7-19(8-11-20)23-22(26)18-5-4-12-24(14-18)17(3)25/h6-11,13,18H,4-5,12,14H2,1-3H3,(H,23,26)/t18-/m0/s1. The molecule has 3 rings (SSSR count). The lowest BCUT2D eigenvalue weighted by Crippen LogP contribution is -2.42. The molecule has 0 spiro atoms. The molecule has 5 heteroatoms. The number of likely N-dealkylation sites (tertiary alicyclic amines) is 1. The number of hydrogen-bond acceptors (Lipinski definition) is 3. The van der Waals surface area contributed by atoms with Crippen LogP contribution in [0.25, 0.3) is 0 Å². The minimum absolute atomic E-state index is 0.00416. The third-order valence-corrected chi connectivity index (χ3v) is 6.07. The summed E-state index contributed by atoms with van der Waals surface area (Å²) in [4.78, 5) is 28.2. The number of amides is 2. The molecule has 27 heavy (non-hydrogen) atoms. The van der Waals surface area contributed by atoms with E-state index in [2.05, 4.69) is 37.4 Å². The average molecular weight is 383 g/mol. The number of nitrogens with zero attached hydrogens (tertiary/aromatic N) is 1. The summed E-state index contributed by atoms with van der Waals surface area (Å²) in [6.07, 6.45) is 1.71. The van der Waals surface area contributed by atoms with Crippen LogP contribution >= 0.6 is 11.8 Å². The highest BCUT2D eigenvalue weighted by Gasteiger charge is 2.26. The Bertz CT molecular complexity index is 833. The van der Waals surface area contributed by atoms with E-state index in [0.29, 0.717) is 6.54 Å². The maximum Gasteiger partial charge on any atom is 0.229 e. The van der Waals surface area contributed by atoms with Crippen molar-refractivity contribution in [1.29, 1.82) is 0 Å². The summed E-state index contributed by atoms with van der Waals surface area (Å²) in [5.74, 6) is -0.0945. The first-order chi connectivity index (χ1) is 12.9. The van der Waals surface area contributed by atoms with Crippen LogP contribution in [-0.2, 0) is 9.59 Å². The number of hydrogen-bond donors (Lipinski definition) is 1. The summed E-state index contributed by atoms with van der Waals surface area (Å²) in [7, 11) is 0. The van der Waals surface area contributed by atoms with Crippen molar-refractivity contribution in [2.45, 2.75) is 43.4 Å². The van der Waals surface area contributed by atoms with E-state index in [4.69, 9.17) is 0 Å². The van der Waals surface area contributed by atoms with Gasteiger partial charge in [-0.1, -0.05) is 17.8 Å². The summed E-state index contributed by atoms with van der Waals surface area (Å²) in [6, 6.07) is 14.4. The van der Waals surface area contributed by atoms with Gasteiger partial charge in [-0.2, -0.15) is 0 Å². The van der Waals surface area contributed by atoms with E-state index >= 15 is 0 Å². The van der Waals surface area contributed by atoms with Crippen molar-refractivity contribution in [2.24, 2.45) is 5.92 Å². The zero-order valence-electron chi connectivity index (χ0n) is 16.1. The lowest BCUT2D eigenvalue weighted by molar-refractivity contribution is -0.132. The number of nitrogens with one attached hydrogen (secondary N) is 1. The van der Waals surface area contributed by atoms with Crippen molar-refractivity contribution in [2.75, 3.05) is 18.4 Å². The van der Waals surface area contributed by atoms with E-state index in [1.807, 2.05) is 24.3 Å². The predicted octanol–water partition coefficient (Wildman–Crippen LogP) is 4.65. The van der Waals surface area contributed by atoms with E-state index in [9.17, 15) is 9.59 Å². The number of carbonyl (C=O) groups excluding carboxylic acids is 2. The van der Waals surface area contributed by atoms with Crippen molar-refractivity contribution in [3.05, 3.63) is 53.6 Å². The third kappa shape index (κ3) is 5.13. The Morgan fingerprint density at radius 2 is 1.74 bits per heavy atom. The van der Waals surface area contributed by atoms with Crippen molar-refractivity contribution >= 4 is 29.3 Å². The predicted molar refractivity (Wildman–Crippen MR) is 110 cm³/mol. The number of rotatable bonds is 4. The topological polar surface area (TPSA) is 49.4 Å². The number of carbonyl (C=O) groups is 2. The summed E-state index contributed by atoms with van der Waals surface area (Å²) in [6.45, 7) is 7.07. The maximum atomic E-state index is 12.5. The molecule has 1 atom stereocenters. The van der Waals surface area contributed by atoms with Crippen molar-refractivity contribution in [3.8, 4) is 0 Å². The average Bonchev–Trinajstić information content (AvgIpc) is 2.66. The highest BCUT2D eigenvalue weighted by atomic mass is 32.2. The smallest absolute Gasteiger partial charge is 0.229 e. The van der Waals surface area contributed by atoms with Gasteiger partial charge in [0.15, 0.2) is 0 Å². The number of aryl methyl sites for hydroxylation is 2. The summed E-state index contributed by atoms with van der Waals surface area (Å²) in [5.41, 5.74) is 3.38. The first-order valence-electron chi connectivity index (χ1n) is 9.34. The largest absolute Gasteiger partial charge is 0.342 e. The highest BCUT2D eigenvalue weighted by Crippen LogP contribution is 2.30. The summed E-state index contributed by atoms with van der Waals surface area (Å²) < 4.78 is 0. The fraction of sp³-hybridized carbons (Fsp3) is 0.364. The van der Waals surface area contributed by atoms with E-state index < -0.39 is 0 Å². The summed E-state index contributed by atoms with van der Waals surface area (Å²) in [5, 5.41) is 2.99. The molecule has 2 aromatic rings. The van der Waals surface area contributed by atoms with E-state index in [0.717, 1.165) is 30.0 Å². The van der Waals surface area contributed by atoms with Gasteiger partial charge in [0.1, 0.15) is 0 Å². The molecule has 2 aromatic carbocycles. The molecule has 142 valence electrons. The molecule has 4 nitrogen and oxygen atoms in total. The zero-order chi connectivity index (χ0) is 19.4. The normalized spacial score (nSPS) is 16.9. The molecule has 1 saturated heterocycles. The molecular formula is C22H26N2O2S. The quantitative estimate of drug-likeness (QED) is 0.837. The van der Waals surface area contributed by atoms with Crippen molar-refractivity contribution in [3.63, 3.8) is 0 Å². The second kappa shape index (κ2) is 8.61. The Morgan fingerprint density at radius 1 is 1.04 bits per heavy atom. The first-order valence-corrected chi connectivity index (χ1v) is 10.2. The number of benzene rings is 2. The zero-order valence-corrected chi connectivity index (χ0v) is 16.9.